The van der Waals surface area contributed by atoms with Crippen LogP contribution >= 0.6 is 0 Å². The second-order valence-electron chi connectivity index (χ2n) is 5.23. The standard InChI is InChI=1S/C15H22N4O/c1-11(2)15-17-8-14(13(18-15)7-16-3)19(4)9-12-5-6-20-10-12/h5-6,8,10-11,16H,7,9H2,1-4H3. The fourth-order valence-corrected chi connectivity index (χ4v) is 2.06. The SMILES string of the molecule is CNCc1nc(C(C)C)ncc1N(C)Cc1ccoc1. The number of furan rings is 1. The van der Waals surface area contributed by atoms with Gasteiger partial charge in [0, 0.05) is 31.6 Å². The molecule has 0 radical (unpaired) electrons. The third-order valence-electron chi connectivity index (χ3n) is 3.14. The highest BCUT2D eigenvalue weighted by Crippen LogP contribution is 2.21. The lowest BCUT2D eigenvalue weighted by molar-refractivity contribution is 0.563. The average Bonchev–Trinajstić information content (AvgIpc) is 2.91. The minimum absolute atomic E-state index is 0.332. The van der Waals surface area contributed by atoms with Crippen LogP contribution in [0.3, 0.4) is 0 Å². The topological polar surface area (TPSA) is 54.2 Å². The van der Waals surface area contributed by atoms with Crippen LogP contribution in [-0.2, 0) is 13.1 Å². The molecule has 0 aliphatic carbocycles. The molecule has 0 aromatic carbocycles. The van der Waals surface area contributed by atoms with E-state index in [2.05, 4.69) is 34.0 Å². The van der Waals surface area contributed by atoms with E-state index in [1.165, 1.54) is 0 Å². The Morgan fingerprint density at radius 3 is 2.80 bits per heavy atom. The Balaban J connectivity index is 2.24. The fourth-order valence-electron chi connectivity index (χ4n) is 2.06. The van der Waals surface area contributed by atoms with Gasteiger partial charge in [-0.05, 0) is 13.1 Å². The van der Waals surface area contributed by atoms with Crippen molar-refractivity contribution in [2.24, 2.45) is 0 Å². The van der Waals surface area contributed by atoms with Gasteiger partial charge in [-0.25, -0.2) is 9.97 Å². The molecule has 0 spiro atoms. The zero-order valence-corrected chi connectivity index (χ0v) is 12.6. The van der Waals surface area contributed by atoms with Gasteiger partial charge in [-0.15, -0.1) is 0 Å². The highest BCUT2D eigenvalue weighted by Gasteiger charge is 2.13. The summed E-state index contributed by atoms with van der Waals surface area (Å²) in [6.07, 6.45) is 5.36. The number of anilines is 1. The van der Waals surface area contributed by atoms with E-state index in [1.807, 2.05) is 26.4 Å². The second kappa shape index (κ2) is 6.52. The van der Waals surface area contributed by atoms with Crippen LogP contribution in [-0.4, -0.2) is 24.1 Å². The zero-order chi connectivity index (χ0) is 14.5. The molecule has 0 amide bonds. The molecular weight excluding hydrogens is 252 g/mol. The second-order valence-corrected chi connectivity index (χ2v) is 5.23. The summed E-state index contributed by atoms with van der Waals surface area (Å²) < 4.78 is 5.11. The maximum absolute atomic E-state index is 5.11. The van der Waals surface area contributed by atoms with Gasteiger partial charge in [-0.3, -0.25) is 0 Å². The van der Waals surface area contributed by atoms with Gasteiger partial charge in [0.05, 0.1) is 30.1 Å². The van der Waals surface area contributed by atoms with E-state index < -0.39 is 0 Å². The molecule has 20 heavy (non-hydrogen) atoms. The summed E-state index contributed by atoms with van der Waals surface area (Å²) in [5.74, 6) is 1.22. The van der Waals surface area contributed by atoms with Gasteiger partial charge in [0.2, 0.25) is 0 Å². The van der Waals surface area contributed by atoms with E-state index in [0.717, 1.165) is 35.9 Å². The summed E-state index contributed by atoms with van der Waals surface area (Å²) in [5, 5.41) is 3.17. The summed E-state index contributed by atoms with van der Waals surface area (Å²) in [7, 11) is 3.97. The minimum Gasteiger partial charge on any atom is -0.472 e. The third-order valence-corrected chi connectivity index (χ3v) is 3.14. The van der Waals surface area contributed by atoms with E-state index in [0.29, 0.717) is 5.92 Å². The van der Waals surface area contributed by atoms with Crippen LogP contribution in [0.4, 0.5) is 5.69 Å². The van der Waals surface area contributed by atoms with E-state index >= 15 is 0 Å². The van der Waals surface area contributed by atoms with E-state index in [4.69, 9.17) is 4.42 Å². The first-order valence-corrected chi connectivity index (χ1v) is 6.84. The van der Waals surface area contributed by atoms with Crippen LogP contribution in [0.1, 0.15) is 36.8 Å². The van der Waals surface area contributed by atoms with Crippen LogP contribution in [0.25, 0.3) is 0 Å². The van der Waals surface area contributed by atoms with Crippen LogP contribution in [0.2, 0.25) is 0 Å². The first-order chi connectivity index (χ1) is 9.61. The van der Waals surface area contributed by atoms with Crippen molar-refractivity contribution in [3.63, 3.8) is 0 Å². The molecule has 2 heterocycles. The summed E-state index contributed by atoms with van der Waals surface area (Å²) >= 11 is 0. The number of nitrogens with one attached hydrogen (secondary N) is 1. The Hall–Kier alpha value is -1.88. The molecule has 0 atom stereocenters. The fraction of sp³-hybridized carbons (Fsp3) is 0.467. The molecular formula is C15H22N4O. The molecule has 0 unspecified atom stereocenters. The quantitative estimate of drug-likeness (QED) is 0.877. The lowest BCUT2D eigenvalue weighted by Crippen LogP contribution is -2.21. The van der Waals surface area contributed by atoms with Crippen molar-refractivity contribution in [3.05, 3.63) is 41.9 Å². The van der Waals surface area contributed by atoms with Gasteiger partial charge in [0.25, 0.3) is 0 Å². The maximum Gasteiger partial charge on any atom is 0.131 e. The van der Waals surface area contributed by atoms with Crippen molar-refractivity contribution in [1.29, 1.82) is 0 Å². The Kier molecular flexibility index (Phi) is 4.74. The van der Waals surface area contributed by atoms with E-state index in [-0.39, 0.29) is 0 Å². The van der Waals surface area contributed by atoms with Gasteiger partial charge < -0.3 is 14.6 Å². The summed E-state index contributed by atoms with van der Waals surface area (Å²) in [6.45, 7) is 5.71. The summed E-state index contributed by atoms with van der Waals surface area (Å²) in [6, 6.07) is 1.97. The van der Waals surface area contributed by atoms with Crippen molar-refractivity contribution >= 4 is 5.69 Å². The van der Waals surface area contributed by atoms with Gasteiger partial charge in [0.1, 0.15) is 5.82 Å². The Bertz CT molecular complexity index is 537. The summed E-state index contributed by atoms with van der Waals surface area (Å²) in [5.41, 5.74) is 3.21. The molecule has 2 aromatic rings. The molecule has 108 valence electrons. The Morgan fingerprint density at radius 1 is 1.40 bits per heavy atom. The number of hydrogen-bond donors (Lipinski definition) is 1. The van der Waals surface area contributed by atoms with E-state index in [1.54, 1.807) is 12.5 Å². The Labute approximate surface area is 120 Å². The van der Waals surface area contributed by atoms with Crippen LogP contribution in [0.5, 0.6) is 0 Å². The first kappa shape index (κ1) is 14.5. The van der Waals surface area contributed by atoms with Gasteiger partial charge in [-0.2, -0.15) is 0 Å². The predicted molar refractivity (Wildman–Crippen MR) is 79.7 cm³/mol. The molecule has 2 rings (SSSR count). The molecule has 2 aromatic heterocycles. The molecule has 0 aliphatic rings. The molecule has 5 nitrogen and oxygen atoms in total. The monoisotopic (exact) mass is 274 g/mol. The van der Waals surface area contributed by atoms with Gasteiger partial charge in [-0.1, -0.05) is 13.8 Å². The van der Waals surface area contributed by atoms with Crippen molar-refractivity contribution in [3.8, 4) is 0 Å². The molecule has 0 fully saturated rings. The molecule has 0 saturated heterocycles. The predicted octanol–water partition coefficient (Wildman–Crippen LogP) is 2.55. The first-order valence-electron chi connectivity index (χ1n) is 6.84. The number of aromatic nitrogens is 2. The van der Waals surface area contributed by atoms with Crippen molar-refractivity contribution < 1.29 is 4.42 Å². The normalized spacial score (nSPS) is 11.1. The lowest BCUT2D eigenvalue weighted by Gasteiger charge is -2.21. The molecule has 5 heteroatoms. The van der Waals surface area contributed by atoms with Gasteiger partial charge in [0.15, 0.2) is 0 Å². The van der Waals surface area contributed by atoms with Crippen LogP contribution in [0.15, 0.2) is 29.2 Å². The maximum atomic E-state index is 5.11. The highest BCUT2D eigenvalue weighted by molar-refractivity contribution is 5.48. The number of rotatable bonds is 6. The molecule has 0 aliphatic heterocycles. The Morgan fingerprint density at radius 2 is 2.20 bits per heavy atom. The smallest absolute Gasteiger partial charge is 0.131 e. The largest absolute Gasteiger partial charge is 0.472 e. The van der Waals surface area contributed by atoms with Crippen molar-refractivity contribution in [2.45, 2.75) is 32.9 Å². The lowest BCUT2D eigenvalue weighted by atomic mass is 10.2. The number of hydrogen-bond acceptors (Lipinski definition) is 5. The summed E-state index contributed by atoms with van der Waals surface area (Å²) in [4.78, 5) is 11.3. The van der Waals surface area contributed by atoms with E-state index in [9.17, 15) is 0 Å². The molecule has 1 N–H and O–H groups in total. The van der Waals surface area contributed by atoms with Crippen LogP contribution in [0, 0.1) is 0 Å². The minimum atomic E-state index is 0.332. The van der Waals surface area contributed by atoms with Crippen molar-refractivity contribution in [2.75, 3.05) is 19.0 Å². The number of nitrogens with zero attached hydrogens (tertiary/aromatic N) is 3. The highest BCUT2D eigenvalue weighted by atomic mass is 16.3. The molecule has 0 bridgehead atoms. The third kappa shape index (κ3) is 3.36. The average molecular weight is 274 g/mol. The zero-order valence-electron chi connectivity index (χ0n) is 12.6. The van der Waals surface area contributed by atoms with Gasteiger partial charge >= 0.3 is 0 Å². The molecule has 0 saturated carbocycles. The van der Waals surface area contributed by atoms with Crippen molar-refractivity contribution in [1.82, 2.24) is 15.3 Å². The van der Waals surface area contributed by atoms with Crippen LogP contribution < -0.4 is 10.2 Å².